The molecule has 3 aromatic rings. The van der Waals surface area contributed by atoms with Crippen LogP contribution in [0.4, 0.5) is 10.6 Å². The second-order valence-electron chi connectivity index (χ2n) is 8.16. The molecular weight excluding hydrogens is 378 g/mol. The first-order valence-electron chi connectivity index (χ1n) is 10.9. The second kappa shape index (κ2) is 8.34. The minimum atomic E-state index is -0.157. The molecule has 156 valence electrons. The average Bonchev–Trinajstić information content (AvgIpc) is 3.53. The number of benzene rings is 1. The number of ether oxygens (including phenoxy) is 1. The Bertz CT molecular complexity index is 1010. The van der Waals surface area contributed by atoms with E-state index >= 15 is 0 Å². The monoisotopic (exact) mass is 405 g/mol. The third kappa shape index (κ3) is 3.84. The molecule has 7 heteroatoms. The fraction of sp³-hybridized carbons (Fsp3) is 0.435. The number of rotatable bonds is 5. The van der Waals surface area contributed by atoms with E-state index in [-0.39, 0.29) is 18.2 Å². The summed E-state index contributed by atoms with van der Waals surface area (Å²) in [6, 6.07) is 14.2. The Kier molecular flexibility index (Phi) is 5.26. The van der Waals surface area contributed by atoms with Crippen LogP contribution in [0.25, 0.3) is 16.9 Å². The van der Waals surface area contributed by atoms with E-state index in [2.05, 4.69) is 22.4 Å². The lowest BCUT2D eigenvalue weighted by molar-refractivity contribution is 0.0633. The predicted octanol–water partition coefficient (Wildman–Crippen LogP) is 4.35. The molecule has 3 heterocycles. The fourth-order valence-corrected chi connectivity index (χ4v) is 4.50. The third-order valence-corrected chi connectivity index (χ3v) is 6.13. The number of nitrogens with one attached hydrogen (secondary N) is 1. The summed E-state index contributed by atoms with van der Waals surface area (Å²) >= 11 is 0. The molecule has 1 N–H and O–H groups in total. The Balaban J connectivity index is 1.27. The van der Waals surface area contributed by atoms with E-state index in [1.54, 1.807) is 0 Å². The molecule has 1 atom stereocenters. The van der Waals surface area contributed by atoms with Crippen LogP contribution >= 0.6 is 0 Å². The van der Waals surface area contributed by atoms with Crippen molar-refractivity contribution in [2.24, 2.45) is 0 Å². The van der Waals surface area contributed by atoms with Crippen LogP contribution in [0.1, 0.15) is 38.5 Å². The zero-order chi connectivity index (χ0) is 20.3. The number of carbonyl (C=O) groups is 1. The fourth-order valence-electron chi connectivity index (χ4n) is 4.50. The standard InChI is InChI=1S/C23H27N5O2/c29-23(30-19-10-4-5-11-19)27-14-6-9-18(27)15-24-21-12-13-22-25-16-20(28(22)26-21)17-7-2-1-3-8-17/h1-3,7-8,12-13,16,18-19H,4-6,9-11,14-15H2,(H,24,26). The number of hydrogen-bond acceptors (Lipinski definition) is 5. The Morgan fingerprint density at radius 3 is 2.73 bits per heavy atom. The van der Waals surface area contributed by atoms with Crippen molar-refractivity contribution in [3.63, 3.8) is 0 Å². The highest BCUT2D eigenvalue weighted by molar-refractivity contribution is 5.69. The summed E-state index contributed by atoms with van der Waals surface area (Å²) in [6.07, 6.45) is 8.12. The van der Waals surface area contributed by atoms with Gasteiger partial charge in [0.05, 0.1) is 17.9 Å². The van der Waals surface area contributed by atoms with E-state index in [1.165, 1.54) is 0 Å². The van der Waals surface area contributed by atoms with Crippen molar-refractivity contribution in [1.82, 2.24) is 19.5 Å². The minimum Gasteiger partial charge on any atom is -0.446 e. The van der Waals surface area contributed by atoms with Gasteiger partial charge in [0.15, 0.2) is 5.65 Å². The maximum Gasteiger partial charge on any atom is 0.410 e. The zero-order valence-electron chi connectivity index (χ0n) is 17.0. The molecule has 1 amide bonds. The van der Waals surface area contributed by atoms with Crippen molar-refractivity contribution in [1.29, 1.82) is 0 Å². The van der Waals surface area contributed by atoms with Gasteiger partial charge in [0.25, 0.3) is 0 Å². The van der Waals surface area contributed by atoms with Gasteiger partial charge in [0, 0.05) is 18.7 Å². The average molecular weight is 406 g/mol. The van der Waals surface area contributed by atoms with E-state index in [0.717, 1.165) is 67.8 Å². The third-order valence-electron chi connectivity index (χ3n) is 6.13. The first-order chi connectivity index (χ1) is 14.8. The van der Waals surface area contributed by atoms with Gasteiger partial charge in [0.1, 0.15) is 11.9 Å². The highest BCUT2D eigenvalue weighted by Crippen LogP contribution is 2.25. The first kappa shape index (κ1) is 18.9. The van der Waals surface area contributed by atoms with Crippen LogP contribution in [-0.2, 0) is 4.74 Å². The molecule has 1 unspecified atom stereocenters. The van der Waals surface area contributed by atoms with E-state index in [9.17, 15) is 4.79 Å². The number of nitrogens with zero attached hydrogens (tertiary/aromatic N) is 4. The topological polar surface area (TPSA) is 71.8 Å². The lowest BCUT2D eigenvalue weighted by atomic mass is 10.2. The Morgan fingerprint density at radius 1 is 1.07 bits per heavy atom. The number of anilines is 1. The summed E-state index contributed by atoms with van der Waals surface area (Å²) < 4.78 is 7.58. The van der Waals surface area contributed by atoms with E-state index in [4.69, 9.17) is 9.84 Å². The molecule has 1 aliphatic carbocycles. The van der Waals surface area contributed by atoms with Crippen molar-refractivity contribution in [2.45, 2.75) is 50.7 Å². The first-order valence-corrected chi connectivity index (χ1v) is 10.9. The molecule has 0 bridgehead atoms. The van der Waals surface area contributed by atoms with E-state index < -0.39 is 0 Å². The number of hydrogen-bond donors (Lipinski definition) is 1. The quantitative estimate of drug-likeness (QED) is 0.683. The minimum absolute atomic E-state index is 0.105. The number of imidazole rings is 1. The van der Waals surface area contributed by atoms with Crippen LogP contribution < -0.4 is 5.32 Å². The van der Waals surface area contributed by atoms with Crippen LogP contribution in [0, 0.1) is 0 Å². The molecule has 2 fully saturated rings. The molecule has 0 radical (unpaired) electrons. The Hall–Kier alpha value is -3.09. The van der Waals surface area contributed by atoms with Gasteiger partial charge in [-0.25, -0.2) is 14.3 Å². The molecule has 0 spiro atoms. The molecule has 2 aliphatic rings. The van der Waals surface area contributed by atoms with Crippen LogP contribution in [0.3, 0.4) is 0 Å². The van der Waals surface area contributed by atoms with Crippen molar-refractivity contribution in [2.75, 3.05) is 18.4 Å². The van der Waals surface area contributed by atoms with Crippen molar-refractivity contribution >= 4 is 17.6 Å². The van der Waals surface area contributed by atoms with Gasteiger partial charge in [-0.15, -0.1) is 5.10 Å². The molecular formula is C23H27N5O2. The summed E-state index contributed by atoms with van der Waals surface area (Å²) in [7, 11) is 0. The second-order valence-corrected chi connectivity index (χ2v) is 8.16. The Morgan fingerprint density at radius 2 is 1.90 bits per heavy atom. The van der Waals surface area contributed by atoms with Gasteiger partial charge in [0.2, 0.25) is 0 Å². The summed E-state index contributed by atoms with van der Waals surface area (Å²) in [4.78, 5) is 19.0. The molecule has 5 rings (SSSR count). The SMILES string of the molecule is O=C(OC1CCCC1)N1CCCC1CNc1ccc2ncc(-c3ccccc3)n2n1. The van der Waals surface area contributed by atoms with Crippen LogP contribution in [0.2, 0.25) is 0 Å². The van der Waals surface area contributed by atoms with Gasteiger partial charge < -0.3 is 15.0 Å². The molecule has 1 aliphatic heterocycles. The maximum absolute atomic E-state index is 12.6. The van der Waals surface area contributed by atoms with Gasteiger partial charge in [-0.2, -0.15) is 0 Å². The normalized spacial score (nSPS) is 19.5. The highest BCUT2D eigenvalue weighted by atomic mass is 16.6. The molecule has 30 heavy (non-hydrogen) atoms. The van der Waals surface area contributed by atoms with Crippen LogP contribution in [0.15, 0.2) is 48.7 Å². The largest absolute Gasteiger partial charge is 0.446 e. The predicted molar refractivity (Wildman–Crippen MR) is 115 cm³/mol. The lowest BCUT2D eigenvalue weighted by Crippen LogP contribution is -2.41. The van der Waals surface area contributed by atoms with Gasteiger partial charge in [-0.3, -0.25) is 0 Å². The number of aromatic nitrogens is 3. The van der Waals surface area contributed by atoms with Gasteiger partial charge in [-0.05, 0) is 50.7 Å². The number of carbonyl (C=O) groups excluding carboxylic acids is 1. The lowest BCUT2D eigenvalue weighted by Gasteiger charge is -2.26. The van der Waals surface area contributed by atoms with Crippen molar-refractivity contribution < 1.29 is 9.53 Å². The number of likely N-dealkylation sites (tertiary alicyclic amines) is 1. The molecule has 1 aromatic carbocycles. The summed E-state index contributed by atoms with van der Waals surface area (Å²) in [5.74, 6) is 0.772. The summed E-state index contributed by atoms with van der Waals surface area (Å²) in [6.45, 7) is 1.43. The zero-order valence-corrected chi connectivity index (χ0v) is 17.0. The van der Waals surface area contributed by atoms with E-state index in [0.29, 0.717) is 6.54 Å². The maximum atomic E-state index is 12.6. The summed E-state index contributed by atoms with van der Waals surface area (Å²) in [5.41, 5.74) is 2.84. The molecule has 1 saturated heterocycles. The Labute approximate surface area is 176 Å². The summed E-state index contributed by atoms with van der Waals surface area (Å²) in [5, 5.41) is 8.15. The molecule has 1 saturated carbocycles. The van der Waals surface area contributed by atoms with Crippen LogP contribution in [-0.4, -0.2) is 50.8 Å². The number of amides is 1. The van der Waals surface area contributed by atoms with Crippen molar-refractivity contribution in [3.05, 3.63) is 48.7 Å². The number of fused-ring (bicyclic) bond motifs is 1. The highest BCUT2D eigenvalue weighted by Gasteiger charge is 2.31. The molecule has 2 aromatic heterocycles. The molecule has 7 nitrogen and oxygen atoms in total. The van der Waals surface area contributed by atoms with E-state index in [1.807, 2.05) is 45.9 Å². The van der Waals surface area contributed by atoms with Crippen molar-refractivity contribution in [3.8, 4) is 11.3 Å². The van der Waals surface area contributed by atoms with Gasteiger partial charge in [-0.1, -0.05) is 30.3 Å². The van der Waals surface area contributed by atoms with Crippen LogP contribution in [0.5, 0.6) is 0 Å². The van der Waals surface area contributed by atoms with Gasteiger partial charge >= 0.3 is 6.09 Å². The smallest absolute Gasteiger partial charge is 0.410 e.